The third kappa shape index (κ3) is 6.60. The van der Waals surface area contributed by atoms with Gasteiger partial charge in [-0.3, -0.25) is 14.9 Å². The van der Waals surface area contributed by atoms with Gasteiger partial charge in [-0.2, -0.15) is 5.10 Å². The molecule has 3 rings (SSSR count). The number of non-ortho nitro benzene ring substituents is 1. The molecule has 3 aromatic carbocycles. The number of amides is 1. The lowest BCUT2D eigenvalue weighted by Gasteiger charge is -2.05. The summed E-state index contributed by atoms with van der Waals surface area (Å²) in [5.74, 6) is -0.568. The molecule has 0 fully saturated rings. The van der Waals surface area contributed by atoms with Crippen molar-refractivity contribution in [2.75, 3.05) is 0 Å². The van der Waals surface area contributed by atoms with Crippen LogP contribution in [0.15, 0.2) is 84.0 Å². The highest BCUT2D eigenvalue weighted by molar-refractivity contribution is 5.91. The second kappa shape index (κ2) is 10.4. The molecule has 0 atom stereocenters. The average molecular weight is 417 g/mol. The van der Waals surface area contributed by atoms with Crippen LogP contribution in [0.2, 0.25) is 0 Å². The van der Waals surface area contributed by atoms with Crippen molar-refractivity contribution in [3.8, 4) is 5.75 Å². The number of nitrogens with zero attached hydrogens (tertiary/aromatic N) is 2. The summed E-state index contributed by atoms with van der Waals surface area (Å²) in [6, 6.07) is 21.4. The van der Waals surface area contributed by atoms with Gasteiger partial charge >= 0.3 is 5.97 Å². The Kier molecular flexibility index (Phi) is 7.21. The van der Waals surface area contributed by atoms with Gasteiger partial charge in [0.25, 0.3) is 5.69 Å². The molecule has 1 N–H and O–H groups in total. The van der Waals surface area contributed by atoms with Crippen molar-refractivity contribution >= 4 is 23.8 Å². The average Bonchev–Trinajstić information content (AvgIpc) is 2.79. The minimum absolute atomic E-state index is 0.111. The fourth-order valence-corrected chi connectivity index (χ4v) is 2.68. The molecule has 0 unspecified atom stereocenters. The number of carbonyl (C=O) groups excluding carboxylic acids is 2. The summed E-state index contributed by atoms with van der Waals surface area (Å²) in [6.07, 6.45) is 2.38. The lowest BCUT2D eigenvalue weighted by Crippen LogP contribution is -2.17. The molecule has 0 aliphatic heterocycles. The minimum Gasteiger partial charge on any atom is -0.423 e. The van der Waals surface area contributed by atoms with Gasteiger partial charge in [0.2, 0.25) is 5.91 Å². The van der Waals surface area contributed by atoms with Crippen LogP contribution in [0.4, 0.5) is 5.69 Å². The van der Waals surface area contributed by atoms with Crippen molar-refractivity contribution in [2.24, 2.45) is 5.10 Å². The van der Waals surface area contributed by atoms with E-state index in [1.807, 2.05) is 30.3 Å². The van der Waals surface area contributed by atoms with E-state index in [1.165, 1.54) is 30.5 Å². The van der Waals surface area contributed by atoms with Crippen LogP contribution < -0.4 is 10.2 Å². The van der Waals surface area contributed by atoms with Gasteiger partial charge in [0.15, 0.2) is 0 Å². The van der Waals surface area contributed by atoms with Crippen molar-refractivity contribution in [1.29, 1.82) is 0 Å². The van der Waals surface area contributed by atoms with Crippen LogP contribution in [0.25, 0.3) is 0 Å². The first-order chi connectivity index (χ1) is 15.0. The number of hydrazone groups is 1. The maximum Gasteiger partial charge on any atom is 0.343 e. The van der Waals surface area contributed by atoms with Crippen LogP contribution in [0, 0.1) is 10.1 Å². The van der Waals surface area contributed by atoms with Crippen molar-refractivity contribution in [3.05, 3.63) is 106 Å². The first kappa shape index (κ1) is 21.4. The zero-order chi connectivity index (χ0) is 22.1. The van der Waals surface area contributed by atoms with Gasteiger partial charge in [-0.05, 0) is 41.8 Å². The van der Waals surface area contributed by atoms with Gasteiger partial charge in [0.05, 0.1) is 16.7 Å². The van der Waals surface area contributed by atoms with E-state index in [4.69, 9.17) is 4.74 Å². The van der Waals surface area contributed by atoms with Crippen molar-refractivity contribution in [2.45, 2.75) is 12.8 Å². The lowest BCUT2D eigenvalue weighted by molar-refractivity contribution is -0.384. The van der Waals surface area contributed by atoms with Gasteiger partial charge in [0.1, 0.15) is 5.75 Å². The van der Waals surface area contributed by atoms with Crippen LogP contribution in [0.5, 0.6) is 5.75 Å². The summed E-state index contributed by atoms with van der Waals surface area (Å²) >= 11 is 0. The van der Waals surface area contributed by atoms with E-state index < -0.39 is 10.9 Å². The number of esters is 1. The molecule has 3 aromatic rings. The third-order valence-electron chi connectivity index (χ3n) is 4.27. The molecule has 0 aliphatic carbocycles. The van der Waals surface area contributed by atoms with E-state index in [0.29, 0.717) is 18.4 Å². The number of benzene rings is 3. The number of nitro benzene ring substituents is 1. The predicted molar refractivity (Wildman–Crippen MR) is 115 cm³/mol. The molecule has 0 aliphatic rings. The smallest absolute Gasteiger partial charge is 0.343 e. The van der Waals surface area contributed by atoms with Gasteiger partial charge in [-0.25, -0.2) is 10.2 Å². The Morgan fingerprint density at radius 1 is 1.00 bits per heavy atom. The number of rotatable bonds is 8. The van der Waals surface area contributed by atoms with Gasteiger partial charge in [-0.1, -0.05) is 42.5 Å². The van der Waals surface area contributed by atoms with Gasteiger partial charge < -0.3 is 4.74 Å². The third-order valence-corrected chi connectivity index (χ3v) is 4.27. The Bertz CT molecular complexity index is 1100. The topological polar surface area (TPSA) is 111 Å². The summed E-state index contributed by atoms with van der Waals surface area (Å²) in [5, 5.41) is 14.6. The molecule has 0 heterocycles. The molecule has 8 heteroatoms. The van der Waals surface area contributed by atoms with E-state index in [1.54, 1.807) is 24.3 Å². The van der Waals surface area contributed by atoms with Crippen LogP contribution in [-0.4, -0.2) is 23.0 Å². The second-order valence-corrected chi connectivity index (χ2v) is 6.54. The normalized spacial score (nSPS) is 10.6. The fraction of sp³-hybridized carbons (Fsp3) is 0.0870. The SMILES string of the molecule is O=C(CCc1ccccc1)N/N=C/c1cccc(OC(=O)c2ccc([N+](=O)[O-])cc2)c1. The summed E-state index contributed by atoms with van der Waals surface area (Å²) in [5.41, 5.74) is 4.25. The van der Waals surface area contributed by atoms with Crippen LogP contribution >= 0.6 is 0 Å². The monoisotopic (exact) mass is 417 g/mol. The second-order valence-electron chi connectivity index (χ2n) is 6.54. The number of aryl methyl sites for hydroxylation is 1. The Balaban J connectivity index is 1.52. The molecule has 0 aromatic heterocycles. The largest absolute Gasteiger partial charge is 0.423 e. The minimum atomic E-state index is -0.641. The zero-order valence-electron chi connectivity index (χ0n) is 16.4. The number of hydrogen-bond donors (Lipinski definition) is 1. The van der Waals surface area contributed by atoms with Crippen LogP contribution in [-0.2, 0) is 11.2 Å². The summed E-state index contributed by atoms with van der Waals surface area (Å²) in [7, 11) is 0. The lowest BCUT2D eigenvalue weighted by atomic mass is 10.1. The first-order valence-corrected chi connectivity index (χ1v) is 9.44. The fourth-order valence-electron chi connectivity index (χ4n) is 2.68. The Morgan fingerprint density at radius 2 is 1.74 bits per heavy atom. The van der Waals surface area contributed by atoms with E-state index in [-0.39, 0.29) is 22.9 Å². The number of nitrogens with one attached hydrogen (secondary N) is 1. The molecular formula is C23H19N3O5. The number of carbonyl (C=O) groups is 2. The van der Waals surface area contributed by atoms with E-state index in [2.05, 4.69) is 10.5 Å². The molecule has 1 amide bonds. The predicted octanol–water partition coefficient (Wildman–Crippen LogP) is 3.90. The van der Waals surface area contributed by atoms with Gasteiger partial charge in [-0.15, -0.1) is 0 Å². The Morgan fingerprint density at radius 3 is 2.45 bits per heavy atom. The van der Waals surface area contributed by atoms with Crippen molar-refractivity contribution in [3.63, 3.8) is 0 Å². The number of ether oxygens (including phenoxy) is 1. The summed E-state index contributed by atoms with van der Waals surface area (Å²) < 4.78 is 5.30. The molecule has 31 heavy (non-hydrogen) atoms. The quantitative estimate of drug-likeness (QED) is 0.196. The van der Waals surface area contributed by atoms with Crippen molar-refractivity contribution < 1.29 is 19.2 Å². The zero-order valence-corrected chi connectivity index (χ0v) is 16.4. The molecule has 0 saturated heterocycles. The molecule has 0 bridgehead atoms. The Hall–Kier alpha value is -4.33. The van der Waals surface area contributed by atoms with Gasteiger partial charge in [0, 0.05) is 18.6 Å². The molecule has 0 spiro atoms. The number of nitro groups is 1. The van der Waals surface area contributed by atoms with E-state index in [0.717, 1.165) is 5.56 Å². The maximum atomic E-state index is 12.2. The van der Waals surface area contributed by atoms with Crippen LogP contribution in [0.1, 0.15) is 27.9 Å². The number of hydrogen-bond acceptors (Lipinski definition) is 6. The highest BCUT2D eigenvalue weighted by Crippen LogP contribution is 2.16. The molecule has 8 nitrogen and oxygen atoms in total. The molecule has 156 valence electrons. The summed E-state index contributed by atoms with van der Waals surface area (Å²) in [6.45, 7) is 0. The summed E-state index contributed by atoms with van der Waals surface area (Å²) in [4.78, 5) is 34.3. The molecule has 0 saturated carbocycles. The van der Waals surface area contributed by atoms with E-state index >= 15 is 0 Å². The van der Waals surface area contributed by atoms with E-state index in [9.17, 15) is 19.7 Å². The Labute approximate surface area is 178 Å². The van der Waals surface area contributed by atoms with Crippen LogP contribution in [0.3, 0.4) is 0 Å². The maximum absolute atomic E-state index is 12.2. The highest BCUT2D eigenvalue weighted by atomic mass is 16.6. The highest BCUT2D eigenvalue weighted by Gasteiger charge is 2.11. The molecular weight excluding hydrogens is 398 g/mol. The molecule has 0 radical (unpaired) electrons. The van der Waals surface area contributed by atoms with Crippen molar-refractivity contribution in [1.82, 2.24) is 5.43 Å². The first-order valence-electron chi connectivity index (χ1n) is 9.44. The standard InChI is InChI=1S/C23H19N3O5/c27-22(14-9-17-5-2-1-3-6-17)25-24-16-18-7-4-8-21(15-18)31-23(28)19-10-12-20(13-11-19)26(29)30/h1-8,10-13,15-16H,9,14H2,(H,25,27)/b24-16+.